The van der Waals surface area contributed by atoms with Crippen LogP contribution in [0.5, 0.6) is 11.5 Å². The summed E-state index contributed by atoms with van der Waals surface area (Å²) in [6, 6.07) is 5.03. The molecule has 1 amide bonds. The standard InChI is InChI=1S/C15H24N2O5S/c1-11(2)17(23(5,19)20)10-15(18)16-9-12-6-7-13(21-3)14(8-12)22-4/h6-8,11H,9-10H2,1-5H3,(H,16,18). The summed E-state index contributed by atoms with van der Waals surface area (Å²) < 4.78 is 34.8. The maximum Gasteiger partial charge on any atom is 0.235 e. The summed E-state index contributed by atoms with van der Waals surface area (Å²) in [4.78, 5) is 12.0. The Morgan fingerprint density at radius 2 is 1.83 bits per heavy atom. The van der Waals surface area contributed by atoms with Gasteiger partial charge in [0.1, 0.15) is 0 Å². The lowest BCUT2D eigenvalue weighted by atomic mass is 10.2. The van der Waals surface area contributed by atoms with Gasteiger partial charge in [-0.2, -0.15) is 4.31 Å². The number of carbonyl (C=O) groups is 1. The number of methoxy groups -OCH3 is 2. The molecule has 0 aliphatic heterocycles. The van der Waals surface area contributed by atoms with Crippen molar-refractivity contribution in [3.05, 3.63) is 23.8 Å². The van der Waals surface area contributed by atoms with E-state index in [-0.39, 0.29) is 25.0 Å². The van der Waals surface area contributed by atoms with E-state index < -0.39 is 10.0 Å². The molecule has 8 heteroatoms. The van der Waals surface area contributed by atoms with Crippen LogP contribution < -0.4 is 14.8 Å². The van der Waals surface area contributed by atoms with Gasteiger partial charge in [-0.15, -0.1) is 0 Å². The molecule has 130 valence electrons. The number of hydrogen-bond acceptors (Lipinski definition) is 5. The van der Waals surface area contributed by atoms with Crippen LogP contribution in [0, 0.1) is 0 Å². The topological polar surface area (TPSA) is 84.9 Å². The van der Waals surface area contributed by atoms with Gasteiger partial charge in [0, 0.05) is 12.6 Å². The maximum absolute atomic E-state index is 12.0. The minimum absolute atomic E-state index is 0.205. The zero-order chi connectivity index (χ0) is 17.6. The zero-order valence-electron chi connectivity index (χ0n) is 14.1. The largest absolute Gasteiger partial charge is 0.493 e. The van der Waals surface area contributed by atoms with Crippen molar-refractivity contribution in [2.75, 3.05) is 27.0 Å². The van der Waals surface area contributed by atoms with E-state index >= 15 is 0 Å². The average Bonchev–Trinajstić information content (AvgIpc) is 2.48. The summed E-state index contributed by atoms with van der Waals surface area (Å²) in [5, 5.41) is 2.70. The zero-order valence-corrected chi connectivity index (χ0v) is 14.9. The van der Waals surface area contributed by atoms with Crippen molar-refractivity contribution in [3.63, 3.8) is 0 Å². The van der Waals surface area contributed by atoms with Crippen molar-refractivity contribution >= 4 is 15.9 Å². The molecule has 0 heterocycles. The van der Waals surface area contributed by atoms with Crippen molar-refractivity contribution in [2.24, 2.45) is 0 Å². The predicted octanol–water partition coefficient (Wildman–Crippen LogP) is 0.990. The number of nitrogens with zero attached hydrogens (tertiary/aromatic N) is 1. The summed E-state index contributed by atoms with van der Waals surface area (Å²) in [5.74, 6) is 0.809. The molecular formula is C15H24N2O5S. The van der Waals surface area contributed by atoms with Crippen LogP contribution in [0.3, 0.4) is 0 Å². The van der Waals surface area contributed by atoms with Crippen molar-refractivity contribution in [2.45, 2.75) is 26.4 Å². The molecule has 0 bridgehead atoms. The van der Waals surface area contributed by atoms with Crippen molar-refractivity contribution in [3.8, 4) is 11.5 Å². The van der Waals surface area contributed by atoms with Crippen molar-refractivity contribution in [1.29, 1.82) is 0 Å². The van der Waals surface area contributed by atoms with Gasteiger partial charge in [0.2, 0.25) is 15.9 Å². The third-order valence-corrected chi connectivity index (χ3v) is 4.64. The SMILES string of the molecule is COc1ccc(CNC(=O)CN(C(C)C)S(C)(=O)=O)cc1OC. The first kappa shape index (κ1) is 19.2. The van der Waals surface area contributed by atoms with Crippen LogP contribution >= 0.6 is 0 Å². The first-order valence-corrected chi connectivity index (χ1v) is 8.98. The normalized spacial score (nSPS) is 11.6. The molecule has 0 fully saturated rings. The van der Waals surface area contributed by atoms with Gasteiger partial charge >= 0.3 is 0 Å². The second kappa shape index (κ2) is 8.16. The van der Waals surface area contributed by atoms with Crippen molar-refractivity contribution < 1.29 is 22.7 Å². The number of rotatable bonds is 8. The Bertz CT molecular complexity index is 643. The molecule has 1 aromatic rings. The van der Waals surface area contributed by atoms with Gasteiger partial charge in [0.25, 0.3) is 0 Å². The minimum Gasteiger partial charge on any atom is -0.493 e. The second-order valence-corrected chi connectivity index (χ2v) is 7.30. The van der Waals surface area contributed by atoms with Gasteiger partial charge in [-0.3, -0.25) is 4.79 Å². The fourth-order valence-electron chi connectivity index (χ4n) is 2.07. The highest BCUT2D eigenvalue weighted by molar-refractivity contribution is 7.88. The van der Waals surface area contributed by atoms with E-state index in [1.165, 1.54) is 7.11 Å². The third-order valence-electron chi connectivity index (χ3n) is 3.24. The number of ether oxygens (including phenoxy) is 2. The highest BCUT2D eigenvalue weighted by Crippen LogP contribution is 2.27. The number of nitrogens with one attached hydrogen (secondary N) is 1. The van der Waals surface area contributed by atoms with Crippen LogP contribution in [0.25, 0.3) is 0 Å². The Kier molecular flexibility index (Phi) is 6.83. The van der Waals surface area contributed by atoms with Gasteiger partial charge in [0.15, 0.2) is 11.5 Å². The molecule has 1 N–H and O–H groups in total. The average molecular weight is 344 g/mol. The monoisotopic (exact) mass is 344 g/mol. The van der Waals surface area contributed by atoms with Crippen LogP contribution in [0.1, 0.15) is 19.4 Å². The number of amides is 1. The van der Waals surface area contributed by atoms with E-state index in [0.29, 0.717) is 11.5 Å². The molecular weight excluding hydrogens is 320 g/mol. The third kappa shape index (κ3) is 5.72. The van der Waals surface area contributed by atoms with E-state index in [1.807, 2.05) is 0 Å². The van der Waals surface area contributed by atoms with Gasteiger partial charge in [-0.1, -0.05) is 6.07 Å². The number of benzene rings is 1. The summed E-state index contributed by atoms with van der Waals surface area (Å²) >= 11 is 0. The Hall–Kier alpha value is -1.80. The van der Waals surface area contributed by atoms with Gasteiger partial charge in [0.05, 0.1) is 27.0 Å². The summed E-state index contributed by atoms with van der Waals surface area (Å²) in [6.45, 7) is 3.52. The maximum atomic E-state index is 12.0. The molecule has 0 atom stereocenters. The van der Waals surface area contributed by atoms with Crippen LogP contribution in [0.2, 0.25) is 0 Å². The molecule has 7 nitrogen and oxygen atoms in total. The highest BCUT2D eigenvalue weighted by atomic mass is 32.2. The summed E-state index contributed by atoms with van der Waals surface area (Å²) in [6.07, 6.45) is 1.09. The lowest BCUT2D eigenvalue weighted by molar-refractivity contribution is -0.121. The molecule has 0 aliphatic rings. The Morgan fingerprint density at radius 1 is 1.22 bits per heavy atom. The quantitative estimate of drug-likeness (QED) is 0.760. The number of carbonyl (C=O) groups excluding carboxylic acids is 1. The highest BCUT2D eigenvalue weighted by Gasteiger charge is 2.22. The molecule has 0 saturated carbocycles. The molecule has 0 aliphatic carbocycles. The van der Waals surface area contributed by atoms with Crippen molar-refractivity contribution in [1.82, 2.24) is 9.62 Å². The Morgan fingerprint density at radius 3 is 2.30 bits per heavy atom. The van der Waals surface area contributed by atoms with E-state index in [0.717, 1.165) is 16.1 Å². The number of sulfonamides is 1. The molecule has 1 aromatic carbocycles. The number of hydrogen-bond donors (Lipinski definition) is 1. The second-order valence-electron chi connectivity index (χ2n) is 5.37. The molecule has 0 radical (unpaired) electrons. The van der Waals surface area contributed by atoms with Crippen LogP contribution in [0.4, 0.5) is 0 Å². The predicted molar refractivity (Wildman–Crippen MR) is 88.1 cm³/mol. The lowest BCUT2D eigenvalue weighted by Crippen LogP contribution is -2.43. The molecule has 0 unspecified atom stereocenters. The fraction of sp³-hybridized carbons (Fsp3) is 0.533. The van der Waals surface area contributed by atoms with E-state index in [2.05, 4.69) is 5.32 Å². The summed E-state index contributed by atoms with van der Waals surface area (Å²) in [5.41, 5.74) is 0.825. The van der Waals surface area contributed by atoms with Crippen LogP contribution in [-0.2, 0) is 21.4 Å². The molecule has 1 rings (SSSR count). The fourth-order valence-corrected chi connectivity index (χ4v) is 3.19. The van der Waals surface area contributed by atoms with Gasteiger partial charge in [-0.05, 0) is 31.5 Å². The molecule has 0 spiro atoms. The van der Waals surface area contributed by atoms with E-state index in [9.17, 15) is 13.2 Å². The van der Waals surface area contributed by atoms with Gasteiger partial charge in [-0.25, -0.2) is 8.42 Å². The van der Waals surface area contributed by atoms with E-state index in [1.54, 1.807) is 39.2 Å². The van der Waals surface area contributed by atoms with Crippen LogP contribution in [0.15, 0.2) is 18.2 Å². The molecule has 23 heavy (non-hydrogen) atoms. The molecule has 0 saturated heterocycles. The molecule has 0 aromatic heterocycles. The van der Waals surface area contributed by atoms with E-state index in [4.69, 9.17) is 9.47 Å². The minimum atomic E-state index is -3.43. The van der Waals surface area contributed by atoms with Crippen LogP contribution in [-0.4, -0.2) is 51.7 Å². The first-order chi connectivity index (χ1) is 10.7. The lowest BCUT2D eigenvalue weighted by Gasteiger charge is -2.23. The summed E-state index contributed by atoms with van der Waals surface area (Å²) in [7, 11) is -0.345. The smallest absolute Gasteiger partial charge is 0.235 e. The Labute approximate surface area is 137 Å². The van der Waals surface area contributed by atoms with Gasteiger partial charge < -0.3 is 14.8 Å². The Balaban J connectivity index is 2.69. The first-order valence-electron chi connectivity index (χ1n) is 7.13.